The first-order valence-electron chi connectivity index (χ1n) is 11.5. The average molecular weight is 502 g/mol. The second kappa shape index (κ2) is 11.8. The minimum atomic E-state index is -4.73. The molecular formula is C27H27F4N3O2. The molecule has 0 fully saturated rings. The van der Waals surface area contributed by atoms with Crippen LogP contribution in [0.4, 0.5) is 23.2 Å². The van der Waals surface area contributed by atoms with Gasteiger partial charge in [-0.2, -0.15) is 13.2 Å². The summed E-state index contributed by atoms with van der Waals surface area (Å²) in [5, 5.41) is 5.04. The van der Waals surface area contributed by atoms with Crippen LogP contribution >= 0.6 is 0 Å². The minimum absolute atomic E-state index is 0.0598. The van der Waals surface area contributed by atoms with Crippen LogP contribution in [0.3, 0.4) is 0 Å². The molecular weight excluding hydrogens is 474 g/mol. The highest BCUT2D eigenvalue weighted by molar-refractivity contribution is 6.05. The Labute approximate surface area is 207 Å². The third-order valence-corrected chi connectivity index (χ3v) is 5.73. The number of amides is 2. The van der Waals surface area contributed by atoms with Gasteiger partial charge < -0.3 is 10.6 Å². The molecule has 5 nitrogen and oxygen atoms in total. The van der Waals surface area contributed by atoms with E-state index >= 15 is 0 Å². The van der Waals surface area contributed by atoms with Gasteiger partial charge in [0.1, 0.15) is 5.82 Å². The molecule has 0 radical (unpaired) electrons. The van der Waals surface area contributed by atoms with Gasteiger partial charge in [-0.15, -0.1) is 0 Å². The highest BCUT2D eigenvalue weighted by atomic mass is 19.4. The Bertz CT molecular complexity index is 1210. The Kier molecular flexibility index (Phi) is 8.82. The van der Waals surface area contributed by atoms with Crippen LogP contribution in [0.5, 0.6) is 0 Å². The summed E-state index contributed by atoms with van der Waals surface area (Å²) >= 11 is 0. The highest BCUT2D eigenvalue weighted by Crippen LogP contribution is 2.32. The van der Waals surface area contributed by atoms with E-state index < -0.39 is 29.4 Å². The van der Waals surface area contributed by atoms with Crippen LogP contribution in [0.2, 0.25) is 0 Å². The third kappa shape index (κ3) is 7.14. The second-order valence-electron chi connectivity index (χ2n) is 8.17. The number of carbonyl (C=O) groups is 2. The molecule has 9 heteroatoms. The normalized spacial score (nSPS) is 11.4. The Morgan fingerprint density at radius 3 is 2.08 bits per heavy atom. The van der Waals surface area contributed by atoms with E-state index in [9.17, 15) is 27.2 Å². The standard InChI is InChI=1S/C27H27F4N3O2/c1-3-34(4-2)17-20-8-6-5-7-19(20)16-32-25(35)21-13-22(27(29,30)31)15-24(14-21)33-26(36)18-9-11-23(28)12-10-18/h5-15H,3-4,16-17H2,1-2H3,(H,32,35)(H,33,36). The lowest BCUT2D eigenvalue weighted by Gasteiger charge is -2.20. The van der Waals surface area contributed by atoms with Crippen molar-refractivity contribution < 1.29 is 27.2 Å². The molecule has 0 bridgehead atoms. The van der Waals surface area contributed by atoms with Crippen molar-refractivity contribution in [2.75, 3.05) is 18.4 Å². The predicted octanol–water partition coefficient (Wildman–Crippen LogP) is 5.87. The van der Waals surface area contributed by atoms with Gasteiger partial charge in [0.05, 0.1) is 5.56 Å². The molecule has 0 aliphatic heterocycles. The first kappa shape index (κ1) is 26.9. The van der Waals surface area contributed by atoms with E-state index in [-0.39, 0.29) is 23.4 Å². The number of anilines is 1. The molecule has 3 rings (SSSR count). The number of hydrogen-bond acceptors (Lipinski definition) is 3. The van der Waals surface area contributed by atoms with E-state index in [2.05, 4.69) is 15.5 Å². The molecule has 0 saturated heterocycles. The smallest absolute Gasteiger partial charge is 0.348 e. The summed E-state index contributed by atoms with van der Waals surface area (Å²) in [5.74, 6) is -2.00. The molecule has 0 aromatic heterocycles. The molecule has 0 unspecified atom stereocenters. The molecule has 0 heterocycles. The zero-order chi connectivity index (χ0) is 26.3. The maximum atomic E-state index is 13.5. The van der Waals surface area contributed by atoms with Gasteiger partial charge in [-0.25, -0.2) is 4.39 Å². The van der Waals surface area contributed by atoms with E-state index in [0.717, 1.165) is 48.5 Å². The molecule has 0 saturated carbocycles. The fraction of sp³-hybridized carbons (Fsp3) is 0.259. The van der Waals surface area contributed by atoms with Crippen LogP contribution in [-0.4, -0.2) is 29.8 Å². The van der Waals surface area contributed by atoms with Crippen LogP contribution in [0.1, 0.15) is 51.3 Å². The fourth-order valence-corrected chi connectivity index (χ4v) is 3.65. The first-order valence-corrected chi connectivity index (χ1v) is 11.5. The molecule has 0 spiro atoms. The maximum Gasteiger partial charge on any atom is 0.416 e. The molecule has 3 aromatic carbocycles. The van der Waals surface area contributed by atoms with E-state index in [0.29, 0.717) is 6.54 Å². The Balaban J connectivity index is 1.81. The van der Waals surface area contributed by atoms with Crippen molar-refractivity contribution in [1.29, 1.82) is 0 Å². The van der Waals surface area contributed by atoms with Crippen molar-refractivity contribution in [2.24, 2.45) is 0 Å². The molecule has 0 atom stereocenters. The highest BCUT2D eigenvalue weighted by Gasteiger charge is 2.32. The SMILES string of the molecule is CCN(CC)Cc1ccccc1CNC(=O)c1cc(NC(=O)c2ccc(F)cc2)cc(C(F)(F)F)c1. The Morgan fingerprint density at radius 1 is 0.833 bits per heavy atom. The number of hydrogen-bond donors (Lipinski definition) is 2. The monoisotopic (exact) mass is 501 g/mol. The lowest BCUT2D eigenvalue weighted by Crippen LogP contribution is -2.26. The third-order valence-electron chi connectivity index (χ3n) is 5.73. The predicted molar refractivity (Wildman–Crippen MR) is 130 cm³/mol. The molecule has 2 N–H and O–H groups in total. The van der Waals surface area contributed by atoms with Gasteiger partial charge in [0.15, 0.2) is 0 Å². The van der Waals surface area contributed by atoms with Crippen molar-refractivity contribution in [2.45, 2.75) is 33.1 Å². The lowest BCUT2D eigenvalue weighted by atomic mass is 10.1. The number of carbonyl (C=O) groups excluding carboxylic acids is 2. The number of alkyl halides is 3. The van der Waals surface area contributed by atoms with E-state index in [1.54, 1.807) is 0 Å². The summed E-state index contributed by atoms with van der Waals surface area (Å²) in [6.45, 7) is 6.62. The van der Waals surface area contributed by atoms with Gasteiger partial charge in [0.2, 0.25) is 0 Å². The number of halogens is 4. The summed E-state index contributed by atoms with van der Waals surface area (Å²) in [6, 6.07) is 14.8. The van der Waals surface area contributed by atoms with Crippen molar-refractivity contribution in [3.8, 4) is 0 Å². The summed E-state index contributed by atoms with van der Waals surface area (Å²) < 4.78 is 53.7. The number of nitrogens with one attached hydrogen (secondary N) is 2. The van der Waals surface area contributed by atoms with Gasteiger partial charge >= 0.3 is 6.18 Å². The summed E-state index contributed by atoms with van der Waals surface area (Å²) in [4.78, 5) is 27.5. The molecule has 0 aliphatic carbocycles. The van der Waals surface area contributed by atoms with Crippen LogP contribution in [-0.2, 0) is 19.3 Å². The second-order valence-corrected chi connectivity index (χ2v) is 8.17. The van der Waals surface area contributed by atoms with Crippen LogP contribution in [0.15, 0.2) is 66.7 Å². The van der Waals surface area contributed by atoms with Crippen molar-refractivity contribution in [3.05, 3.63) is 100 Å². The largest absolute Gasteiger partial charge is 0.416 e. The lowest BCUT2D eigenvalue weighted by molar-refractivity contribution is -0.137. The minimum Gasteiger partial charge on any atom is -0.348 e. The maximum absolute atomic E-state index is 13.5. The molecule has 3 aromatic rings. The van der Waals surface area contributed by atoms with Gasteiger partial charge in [-0.05, 0) is 66.7 Å². The van der Waals surface area contributed by atoms with Crippen LogP contribution in [0.25, 0.3) is 0 Å². The van der Waals surface area contributed by atoms with Gasteiger partial charge in [-0.1, -0.05) is 38.1 Å². The molecule has 2 amide bonds. The van der Waals surface area contributed by atoms with Gasteiger partial charge in [0, 0.05) is 29.9 Å². The topological polar surface area (TPSA) is 61.4 Å². The summed E-state index contributed by atoms with van der Waals surface area (Å²) in [7, 11) is 0. The van der Waals surface area contributed by atoms with Crippen molar-refractivity contribution in [3.63, 3.8) is 0 Å². The zero-order valence-corrected chi connectivity index (χ0v) is 20.0. The zero-order valence-electron chi connectivity index (χ0n) is 20.0. The number of rotatable bonds is 9. The van der Waals surface area contributed by atoms with Gasteiger partial charge in [-0.3, -0.25) is 14.5 Å². The molecule has 190 valence electrons. The summed E-state index contributed by atoms with van der Waals surface area (Å²) in [5.41, 5.74) is 0.398. The summed E-state index contributed by atoms with van der Waals surface area (Å²) in [6.07, 6.45) is -4.73. The van der Waals surface area contributed by atoms with E-state index in [4.69, 9.17) is 0 Å². The van der Waals surface area contributed by atoms with E-state index in [1.807, 2.05) is 38.1 Å². The average Bonchev–Trinajstić information content (AvgIpc) is 2.86. The Hall–Kier alpha value is -3.72. The first-order chi connectivity index (χ1) is 17.1. The van der Waals surface area contributed by atoms with E-state index in [1.165, 1.54) is 18.2 Å². The fourth-order valence-electron chi connectivity index (χ4n) is 3.65. The Morgan fingerprint density at radius 2 is 1.47 bits per heavy atom. The number of nitrogens with zero attached hydrogens (tertiary/aromatic N) is 1. The molecule has 36 heavy (non-hydrogen) atoms. The molecule has 0 aliphatic rings. The van der Waals surface area contributed by atoms with Crippen molar-refractivity contribution in [1.82, 2.24) is 10.2 Å². The van der Waals surface area contributed by atoms with Crippen molar-refractivity contribution >= 4 is 17.5 Å². The van der Waals surface area contributed by atoms with Crippen LogP contribution in [0, 0.1) is 5.82 Å². The van der Waals surface area contributed by atoms with Gasteiger partial charge in [0.25, 0.3) is 11.8 Å². The quantitative estimate of drug-likeness (QED) is 0.361. The van der Waals surface area contributed by atoms with Crippen LogP contribution < -0.4 is 10.6 Å². The number of benzene rings is 3.